The van der Waals surface area contributed by atoms with Gasteiger partial charge in [-0.2, -0.15) is 0 Å². The van der Waals surface area contributed by atoms with Crippen LogP contribution in [0.1, 0.15) is 25.8 Å². The lowest BCUT2D eigenvalue weighted by molar-refractivity contribution is 0.536. The van der Waals surface area contributed by atoms with Gasteiger partial charge in [0, 0.05) is 5.25 Å². The molecule has 90 valence electrons. The molecule has 0 bridgehead atoms. The molecule has 0 saturated carbocycles. The van der Waals surface area contributed by atoms with Gasteiger partial charge in [-0.05, 0) is 37.1 Å². The Labute approximate surface area is 99.4 Å². The van der Waals surface area contributed by atoms with Crippen LogP contribution in [0.4, 0.5) is 8.78 Å². The van der Waals surface area contributed by atoms with Crippen LogP contribution in [-0.4, -0.2) is 11.8 Å². The van der Waals surface area contributed by atoms with Crippen LogP contribution < -0.4 is 5.73 Å². The maximum absolute atomic E-state index is 13.6. The van der Waals surface area contributed by atoms with Crippen molar-refractivity contribution in [3.63, 3.8) is 0 Å². The predicted molar refractivity (Wildman–Crippen MR) is 64.7 cm³/mol. The Balaban J connectivity index is 2.93. The van der Waals surface area contributed by atoms with Crippen LogP contribution in [0.5, 0.6) is 0 Å². The lowest BCUT2D eigenvalue weighted by Crippen LogP contribution is -2.04. The smallest absolute Gasteiger partial charge is 0.140 e. The monoisotopic (exact) mass is 245 g/mol. The molecule has 1 unspecified atom stereocenters. The van der Waals surface area contributed by atoms with Crippen molar-refractivity contribution in [1.82, 2.24) is 0 Å². The first kappa shape index (κ1) is 13.5. The number of hydrogen-bond acceptors (Lipinski definition) is 2. The molecule has 4 heteroatoms. The van der Waals surface area contributed by atoms with Gasteiger partial charge in [0.05, 0.1) is 4.90 Å². The van der Waals surface area contributed by atoms with Crippen molar-refractivity contribution in [3.05, 3.63) is 29.3 Å². The second-order valence-corrected chi connectivity index (χ2v) is 5.21. The molecule has 0 saturated heterocycles. The Hall–Kier alpha value is -0.610. The summed E-state index contributed by atoms with van der Waals surface area (Å²) in [6.07, 6.45) is 1.39. The third-order valence-electron chi connectivity index (χ3n) is 2.39. The Kier molecular flexibility index (Phi) is 5.22. The minimum absolute atomic E-state index is 0.120. The van der Waals surface area contributed by atoms with E-state index in [4.69, 9.17) is 5.73 Å². The number of hydrogen-bond donors (Lipinski definition) is 1. The summed E-state index contributed by atoms with van der Waals surface area (Å²) in [5.41, 5.74) is 5.97. The maximum Gasteiger partial charge on any atom is 0.140 e. The molecule has 1 atom stereocenters. The number of nitrogens with two attached hydrogens (primary N) is 1. The zero-order valence-corrected chi connectivity index (χ0v) is 10.4. The molecular formula is C12H17F2NS. The largest absolute Gasteiger partial charge is 0.330 e. The maximum atomic E-state index is 13.6. The second-order valence-electron chi connectivity index (χ2n) is 3.76. The van der Waals surface area contributed by atoms with Crippen molar-refractivity contribution in [2.24, 2.45) is 5.73 Å². The first-order valence-electron chi connectivity index (χ1n) is 5.43. The molecule has 1 nitrogen and oxygen atoms in total. The van der Waals surface area contributed by atoms with Crippen LogP contribution in [0.25, 0.3) is 0 Å². The molecule has 0 heterocycles. The second kappa shape index (κ2) is 6.21. The number of rotatable bonds is 5. The third kappa shape index (κ3) is 3.46. The van der Waals surface area contributed by atoms with Crippen molar-refractivity contribution >= 4 is 11.8 Å². The summed E-state index contributed by atoms with van der Waals surface area (Å²) in [5.74, 6) is -0.956. The van der Waals surface area contributed by atoms with Gasteiger partial charge in [-0.1, -0.05) is 13.8 Å². The first-order valence-corrected chi connectivity index (χ1v) is 6.31. The van der Waals surface area contributed by atoms with Gasteiger partial charge in [0.1, 0.15) is 11.6 Å². The van der Waals surface area contributed by atoms with Gasteiger partial charge in [-0.3, -0.25) is 0 Å². The van der Waals surface area contributed by atoms with E-state index in [1.165, 1.54) is 23.9 Å². The van der Waals surface area contributed by atoms with Crippen LogP contribution in [0, 0.1) is 11.6 Å². The molecule has 0 aliphatic heterocycles. The quantitative estimate of drug-likeness (QED) is 0.805. The summed E-state index contributed by atoms with van der Waals surface area (Å²) in [6, 6.07) is 2.75. The van der Waals surface area contributed by atoms with Gasteiger partial charge >= 0.3 is 0 Å². The Morgan fingerprint density at radius 3 is 2.31 bits per heavy atom. The van der Waals surface area contributed by atoms with Crippen molar-refractivity contribution in [1.29, 1.82) is 0 Å². The molecule has 0 aliphatic rings. The Morgan fingerprint density at radius 1 is 1.31 bits per heavy atom. The molecule has 0 amide bonds. The van der Waals surface area contributed by atoms with E-state index in [-0.39, 0.29) is 10.1 Å². The van der Waals surface area contributed by atoms with Gasteiger partial charge in [-0.25, -0.2) is 8.78 Å². The fourth-order valence-electron chi connectivity index (χ4n) is 1.32. The highest BCUT2D eigenvalue weighted by Crippen LogP contribution is 2.30. The molecule has 2 N–H and O–H groups in total. The molecule has 0 aromatic heterocycles. The standard InChI is InChI=1S/C12H17F2NS/c1-3-8(2)16-12-10(13)6-9(4-5-15)7-11(12)14/h6-8H,3-5,15H2,1-2H3. The van der Waals surface area contributed by atoms with Crippen LogP contribution >= 0.6 is 11.8 Å². The van der Waals surface area contributed by atoms with Gasteiger partial charge < -0.3 is 5.73 Å². The lowest BCUT2D eigenvalue weighted by atomic mass is 10.1. The Bertz CT molecular complexity index is 332. The fourth-order valence-corrected chi connectivity index (χ4v) is 2.23. The SMILES string of the molecule is CCC(C)Sc1c(F)cc(CCN)cc1F. The van der Waals surface area contributed by atoms with E-state index in [1.54, 1.807) is 0 Å². The molecule has 0 fully saturated rings. The van der Waals surface area contributed by atoms with Crippen molar-refractivity contribution in [2.75, 3.05) is 6.54 Å². The van der Waals surface area contributed by atoms with Crippen LogP contribution in [0.2, 0.25) is 0 Å². The van der Waals surface area contributed by atoms with Crippen molar-refractivity contribution in [3.8, 4) is 0 Å². The van der Waals surface area contributed by atoms with Crippen LogP contribution in [0.3, 0.4) is 0 Å². The molecule has 0 aliphatic carbocycles. The highest BCUT2D eigenvalue weighted by atomic mass is 32.2. The average molecular weight is 245 g/mol. The molecule has 0 spiro atoms. The summed E-state index contributed by atoms with van der Waals surface area (Å²) in [7, 11) is 0. The van der Waals surface area contributed by atoms with E-state index >= 15 is 0 Å². The lowest BCUT2D eigenvalue weighted by Gasteiger charge is -2.11. The zero-order valence-electron chi connectivity index (χ0n) is 9.59. The summed E-state index contributed by atoms with van der Waals surface area (Å²) < 4.78 is 27.3. The van der Waals surface area contributed by atoms with Crippen molar-refractivity contribution in [2.45, 2.75) is 36.8 Å². The summed E-state index contributed by atoms with van der Waals surface area (Å²) in [6.45, 7) is 4.35. The summed E-state index contributed by atoms with van der Waals surface area (Å²) in [5, 5.41) is 0.212. The fraction of sp³-hybridized carbons (Fsp3) is 0.500. The van der Waals surface area contributed by atoms with Gasteiger partial charge in [0.15, 0.2) is 0 Å². The number of halogens is 2. The molecule has 1 aromatic rings. The minimum Gasteiger partial charge on any atom is -0.330 e. The van der Waals surface area contributed by atoms with Crippen molar-refractivity contribution < 1.29 is 8.78 Å². The van der Waals surface area contributed by atoms with E-state index in [0.29, 0.717) is 18.5 Å². The van der Waals surface area contributed by atoms with Gasteiger partial charge in [0.2, 0.25) is 0 Å². The van der Waals surface area contributed by atoms with E-state index in [9.17, 15) is 8.78 Å². The topological polar surface area (TPSA) is 26.0 Å². The molecule has 1 aromatic carbocycles. The molecule has 16 heavy (non-hydrogen) atoms. The minimum atomic E-state index is -0.478. The van der Waals surface area contributed by atoms with Gasteiger partial charge in [-0.15, -0.1) is 11.8 Å². The molecule has 0 radical (unpaired) electrons. The zero-order chi connectivity index (χ0) is 12.1. The normalized spacial score (nSPS) is 12.8. The predicted octanol–water partition coefficient (Wildman–Crippen LogP) is 3.36. The molecule has 1 rings (SSSR count). The molecular weight excluding hydrogens is 228 g/mol. The number of thioether (sulfide) groups is 1. The highest BCUT2D eigenvalue weighted by molar-refractivity contribution is 8.00. The summed E-state index contributed by atoms with van der Waals surface area (Å²) in [4.78, 5) is 0.120. The van der Waals surface area contributed by atoms with Crippen LogP contribution in [0.15, 0.2) is 17.0 Å². The van der Waals surface area contributed by atoms with E-state index < -0.39 is 11.6 Å². The van der Waals surface area contributed by atoms with Crippen LogP contribution in [-0.2, 0) is 6.42 Å². The number of benzene rings is 1. The third-order valence-corrected chi connectivity index (χ3v) is 3.75. The van der Waals surface area contributed by atoms with Gasteiger partial charge in [0.25, 0.3) is 0 Å². The average Bonchev–Trinajstić information content (AvgIpc) is 2.23. The highest BCUT2D eigenvalue weighted by Gasteiger charge is 2.14. The Morgan fingerprint density at radius 2 is 1.88 bits per heavy atom. The summed E-state index contributed by atoms with van der Waals surface area (Å²) >= 11 is 1.24. The first-order chi connectivity index (χ1) is 7.58. The van der Waals surface area contributed by atoms with E-state index in [0.717, 1.165) is 6.42 Å². The van der Waals surface area contributed by atoms with E-state index in [2.05, 4.69) is 0 Å². The van der Waals surface area contributed by atoms with E-state index in [1.807, 2.05) is 13.8 Å².